The number of hydrogen-bond acceptors (Lipinski definition) is 3. The van der Waals surface area contributed by atoms with E-state index in [2.05, 4.69) is 30.9 Å². The molecule has 0 saturated carbocycles. The van der Waals surface area contributed by atoms with Crippen LogP contribution in [0.5, 0.6) is 0 Å². The number of rotatable bonds is 0. The highest BCUT2D eigenvalue weighted by Gasteiger charge is 2.04. The molecule has 2 heterocycles. The summed E-state index contributed by atoms with van der Waals surface area (Å²) in [5.74, 6) is 0. The molecule has 0 aromatic carbocycles. The molecule has 0 spiro atoms. The van der Waals surface area contributed by atoms with E-state index in [1.54, 1.807) is 12.3 Å². The van der Waals surface area contributed by atoms with Crippen molar-refractivity contribution in [1.29, 1.82) is 0 Å². The minimum absolute atomic E-state index is 0.135. The van der Waals surface area contributed by atoms with Crippen molar-refractivity contribution < 1.29 is 0 Å². The van der Waals surface area contributed by atoms with Crippen LogP contribution in [0.2, 0.25) is 10.4 Å². The van der Waals surface area contributed by atoms with Crippen LogP contribution in [0.1, 0.15) is 0 Å². The van der Waals surface area contributed by atoms with Crippen LogP contribution >= 0.6 is 39.1 Å². The molecule has 0 aliphatic heterocycles. The second kappa shape index (κ2) is 3.36. The van der Waals surface area contributed by atoms with Crippen molar-refractivity contribution in [1.82, 2.24) is 15.0 Å². The van der Waals surface area contributed by atoms with Gasteiger partial charge in [-0.2, -0.15) is 0 Å². The van der Waals surface area contributed by atoms with Crippen LogP contribution in [0.3, 0.4) is 0 Å². The Morgan fingerprint density at radius 3 is 2.77 bits per heavy atom. The van der Waals surface area contributed by atoms with Gasteiger partial charge in [-0.25, -0.2) is 15.0 Å². The van der Waals surface area contributed by atoms with Crippen LogP contribution in [0.4, 0.5) is 0 Å². The molecule has 3 nitrogen and oxygen atoms in total. The fourth-order valence-corrected chi connectivity index (χ4v) is 1.70. The van der Waals surface area contributed by atoms with E-state index in [0.29, 0.717) is 20.7 Å². The summed E-state index contributed by atoms with van der Waals surface area (Å²) in [6.45, 7) is 0. The average Bonchev–Trinajstić information content (AvgIpc) is 2.02. The molecule has 0 N–H and O–H groups in total. The molecule has 0 fully saturated rings. The van der Waals surface area contributed by atoms with Crippen molar-refractivity contribution in [2.24, 2.45) is 0 Å². The molecule has 6 heteroatoms. The van der Waals surface area contributed by atoms with Gasteiger partial charge in [0.1, 0.15) is 9.76 Å². The maximum atomic E-state index is 5.82. The third-order valence-electron chi connectivity index (χ3n) is 1.47. The van der Waals surface area contributed by atoms with Gasteiger partial charge in [-0.1, -0.05) is 11.6 Å². The molecule has 2 rings (SSSR count). The van der Waals surface area contributed by atoms with Crippen LogP contribution in [0.15, 0.2) is 16.9 Å². The van der Waals surface area contributed by atoms with Crippen molar-refractivity contribution in [2.45, 2.75) is 0 Å². The van der Waals surface area contributed by atoms with Crippen LogP contribution in [0, 0.1) is 0 Å². The number of aromatic nitrogens is 3. The number of fused-ring (bicyclic) bond motifs is 1. The second-order valence-electron chi connectivity index (χ2n) is 2.31. The van der Waals surface area contributed by atoms with Crippen molar-refractivity contribution in [3.05, 3.63) is 27.3 Å². The standard InChI is InChI=1S/C7H2BrCl2N3/c8-5-1-4-3(2-11-5)6(9)13-7(10)12-4/h1-2H. The smallest absolute Gasteiger partial charge is 0.224 e. The van der Waals surface area contributed by atoms with Crippen LogP contribution in [-0.4, -0.2) is 15.0 Å². The SMILES string of the molecule is Clc1nc(Cl)c2cnc(Br)cc2n1. The van der Waals surface area contributed by atoms with Crippen LogP contribution in [-0.2, 0) is 0 Å². The second-order valence-corrected chi connectivity index (χ2v) is 3.82. The molecule has 0 unspecified atom stereocenters. The lowest BCUT2D eigenvalue weighted by Gasteiger charge is -1.99. The zero-order valence-corrected chi connectivity index (χ0v) is 9.23. The zero-order chi connectivity index (χ0) is 9.42. The van der Waals surface area contributed by atoms with E-state index >= 15 is 0 Å². The largest absolute Gasteiger partial charge is 0.248 e. The summed E-state index contributed by atoms with van der Waals surface area (Å²) < 4.78 is 0.686. The van der Waals surface area contributed by atoms with Crippen molar-refractivity contribution in [2.75, 3.05) is 0 Å². The quantitative estimate of drug-likeness (QED) is 0.422. The Kier molecular flexibility index (Phi) is 2.36. The molecule has 2 aromatic heterocycles. The number of nitrogens with zero attached hydrogens (tertiary/aromatic N) is 3. The third kappa shape index (κ3) is 1.75. The summed E-state index contributed by atoms with van der Waals surface area (Å²) in [7, 11) is 0. The molecule has 0 atom stereocenters. The van der Waals surface area contributed by atoms with Gasteiger partial charge in [0.05, 0.1) is 10.9 Å². The molecule has 2 aromatic rings. The monoisotopic (exact) mass is 277 g/mol. The van der Waals surface area contributed by atoms with Crippen LogP contribution < -0.4 is 0 Å². The van der Waals surface area contributed by atoms with Gasteiger partial charge in [-0.3, -0.25) is 0 Å². The van der Waals surface area contributed by atoms with Gasteiger partial charge in [-0.15, -0.1) is 0 Å². The molecule has 0 amide bonds. The summed E-state index contributed by atoms with van der Waals surface area (Å²) in [5.41, 5.74) is 0.673. The topological polar surface area (TPSA) is 38.7 Å². The van der Waals surface area contributed by atoms with Gasteiger partial charge in [0.15, 0.2) is 0 Å². The summed E-state index contributed by atoms with van der Waals surface area (Å²) in [4.78, 5) is 11.8. The predicted molar refractivity (Wildman–Crippen MR) is 55.1 cm³/mol. The Morgan fingerprint density at radius 2 is 2.00 bits per heavy atom. The van der Waals surface area contributed by atoms with Gasteiger partial charge in [0.25, 0.3) is 0 Å². The number of halogens is 3. The maximum Gasteiger partial charge on any atom is 0.224 e. The number of pyridine rings is 1. The van der Waals surface area contributed by atoms with Gasteiger partial charge in [0.2, 0.25) is 5.28 Å². The number of hydrogen-bond donors (Lipinski definition) is 0. The van der Waals surface area contributed by atoms with Gasteiger partial charge in [0, 0.05) is 6.20 Å². The van der Waals surface area contributed by atoms with Gasteiger partial charge in [-0.05, 0) is 33.6 Å². The molecule has 0 saturated heterocycles. The molecular weight excluding hydrogens is 277 g/mol. The summed E-state index contributed by atoms with van der Waals surface area (Å²) in [6, 6.07) is 1.73. The van der Waals surface area contributed by atoms with Gasteiger partial charge >= 0.3 is 0 Å². The van der Waals surface area contributed by atoms with E-state index in [9.17, 15) is 0 Å². The first kappa shape index (κ1) is 9.12. The molecule has 0 aliphatic rings. The first-order chi connectivity index (χ1) is 6.16. The highest BCUT2D eigenvalue weighted by atomic mass is 79.9. The predicted octanol–water partition coefficient (Wildman–Crippen LogP) is 3.09. The first-order valence-corrected chi connectivity index (χ1v) is 4.86. The molecule has 66 valence electrons. The van der Waals surface area contributed by atoms with E-state index in [-0.39, 0.29) is 5.28 Å². The normalized spacial score (nSPS) is 10.7. The Labute approximate surface area is 92.2 Å². The van der Waals surface area contributed by atoms with Crippen molar-refractivity contribution >= 4 is 50.0 Å². The summed E-state index contributed by atoms with van der Waals surface area (Å²) in [6.07, 6.45) is 1.60. The van der Waals surface area contributed by atoms with E-state index in [1.807, 2.05) is 0 Å². The minimum atomic E-state index is 0.135. The minimum Gasteiger partial charge on any atom is -0.248 e. The molecule has 0 aliphatic carbocycles. The van der Waals surface area contributed by atoms with Crippen LogP contribution in [0.25, 0.3) is 10.9 Å². The fraction of sp³-hybridized carbons (Fsp3) is 0. The Bertz CT molecular complexity index is 469. The maximum absolute atomic E-state index is 5.82. The van der Waals surface area contributed by atoms with E-state index < -0.39 is 0 Å². The molecule has 13 heavy (non-hydrogen) atoms. The molecular formula is C7H2BrCl2N3. The third-order valence-corrected chi connectivity index (χ3v) is 2.36. The van der Waals surface area contributed by atoms with E-state index in [4.69, 9.17) is 23.2 Å². The first-order valence-electron chi connectivity index (χ1n) is 3.31. The Hall–Kier alpha value is -0.450. The lowest BCUT2D eigenvalue weighted by Crippen LogP contribution is -1.87. The highest BCUT2D eigenvalue weighted by molar-refractivity contribution is 9.10. The molecule has 0 radical (unpaired) electrons. The van der Waals surface area contributed by atoms with Crippen molar-refractivity contribution in [3.63, 3.8) is 0 Å². The summed E-state index contributed by atoms with van der Waals surface area (Å²) in [5, 5.41) is 1.14. The Balaban J connectivity index is 2.86. The van der Waals surface area contributed by atoms with E-state index in [0.717, 1.165) is 0 Å². The lowest BCUT2D eigenvalue weighted by atomic mass is 10.3. The highest BCUT2D eigenvalue weighted by Crippen LogP contribution is 2.22. The average molecular weight is 279 g/mol. The van der Waals surface area contributed by atoms with Gasteiger partial charge < -0.3 is 0 Å². The van der Waals surface area contributed by atoms with E-state index in [1.165, 1.54) is 0 Å². The summed E-state index contributed by atoms with van der Waals surface area (Å²) >= 11 is 14.7. The lowest BCUT2D eigenvalue weighted by molar-refractivity contribution is 1.20. The van der Waals surface area contributed by atoms with Crippen molar-refractivity contribution in [3.8, 4) is 0 Å². The molecule has 0 bridgehead atoms. The Morgan fingerprint density at radius 1 is 1.23 bits per heavy atom. The zero-order valence-electron chi connectivity index (χ0n) is 6.13. The fourth-order valence-electron chi connectivity index (χ4n) is 0.937.